The predicted molar refractivity (Wildman–Crippen MR) is 63.5 cm³/mol. The van der Waals surface area contributed by atoms with Crippen molar-refractivity contribution in [3.63, 3.8) is 0 Å². The lowest BCUT2D eigenvalue weighted by molar-refractivity contribution is -0.137. The van der Waals surface area contributed by atoms with Crippen LogP contribution in [0.5, 0.6) is 0 Å². The molecule has 6 heteroatoms. The average molecular weight is 266 g/mol. The van der Waals surface area contributed by atoms with Gasteiger partial charge in [-0.15, -0.1) is 0 Å². The van der Waals surface area contributed by atoms with Gasteiger partial charge in [0, 0.05) is 11.8 Å². The van der Waals surface area contributed by atoms with Crippen molar-refractivity contribution in [1.82, 2.24) is 4.98 Å². The molecule has 3 nitrogen and oxygen atoms in total. The Kier molecular flexibility index (Phi) is 3.25. The molecule has 0 bridgehead atoms. The van der Waals surface area contributed by atoms with Gasteiger partial charge in [0.2, 0.25) is 0 Å². The molecule has 1 aromatic heterocycles. The van der Waals surface area contributed by atoms with Gasteiger partial charge >= 0.3 is 6.18 Å². The molecule has 0 saturated heterocycles. The Morgan fingerprint density at radius 2 is 1.74 bits per heavy atom. The Balaban J connectivity index is 2.34. The SMILES string of the molecule is Nc1ncccc1C(=O)c1ccc(C(F)(F)F)cc1. The van der Waals surface area contributed by atoms with E-state index in [0.717, 1.165) is 24.3 Å². The number of nitrogen functional groups attached to an aromatic ring is 1. The standard InChI is InChI=1S/C13H9F3N2O/c14-13(15,16)9-5-3-8(4-6-9)11(19)10-2-1-7-18-12(10)17/h1-7H,(H2,17,18). The first-order valence-electron chi connectivity index (χ1n) is 5.32. The van der Waals surface area contributed by atoms with Crippen LogP contribution in [0.4, 0.5) is 19.0 Å². The molecule has 0 amide bonds. The molecule has 2 rings (SSSR count). The van der Waals surface area contributed by atoms with Crippen molar-refractivity contribution < 1.29 is 18.0 Å². The maximum Gasteiger partial charge on any atom is 0.416 e. The van der Waals surface area contributed by atoms with Gasteiger partial charge in [-0.05, 0) is 24.3 Å². The molecule has 0 aliphatic rings. The van der Waals surface area contributed by atoms with Crippen LogP contribution in [0, 0.1) is 0 Å². The molecule has 0 unspecified atom stereocenters. The zero-order chi connectivity index (χ0) is 14.0. The van der Waals surface area contributed by atoms with E-state index in [0.29, 0.717) is 0 Å². The molecule has 1 aromatic carbocycles. The van der Waals surface area contributed by atoms with Crippen molar-refractivity contribution >= 4 is 11.6 Å². The molecular formula is C13H9F3N2O. The third-order valence-corrected chi connectivity index (χ3v) is 2.56. The number of ketones is 1. The van der Waals surface area contributed by atoms with E-state index in [1.807, 2.05) is 0 Å². The van der Waals surface area contributed by atoms with Crippen LogP contribution in [0.15, 0.2) is 42.6 Å². The number of carbonyl (C=O) groups excluding carboxylic acids is 1. The lowest BCUT2D eigenvalue weighted by Crippen LogP contribution is -2.08. The largest absolute Gasteiger partial charge is 0.416 e. The van der Waals surface area contributed by atoms with Crippen LogP contribution >= 0.6 is 0 Å². The molecular weight excluding hydrogens is 257 g/mol. The van der Waals surface area contributed by atoms with E-state index in [1.54, 1.807) is 0 Å². The number of carbonyl (C=O) groups is 1. The summed E-state index contributed by atoms with van der Waals surface area (Å²) in [5.41, 5.74) is 5.04. The summed E-state index contributed by atoms with van der Waals surface area (Å²) in [6.45, 7) is 0. The highest BCUT2D eigenvalue weighted by Gasteiger charge is 2.30. The number of anilines is 1. The number of nitrogens with zero attached hydrogens (tertiary/aromatic N) is 1. The van der Waals surface area contributed by atoms with Crippen LogP contribution in [0.25, 0.3) is 0 Å². The topological polar surface area (TPSA) is 56.0 Å². The highest BCUT2D eigenvalue weighted by molar-refractivity contribution is 6.11. The van der Waals surface area contributed by atoms with Gasteiger partial charge in [0.25, 0.3) is 0 Å². The molecule has 0 saturated carbocycles. The van der Waals surface area contributed by atoms with E-state index in [1.165, 1.54) is 18.3 Å². The summed E-state index contributed by atoms with van der Waals surface area (Å²) in [7, 11) is 0. The molecule has 0 fully saturated rings. The van der Waals surface area contributed by atoms with E-state index in [9.17, 15) is 18.0 Å². The number of nitrogens with two attached hydrogens (primary N) is 1. The molecule has 2 N–H and O–H groups in total. The minimum absolute atomic E-state index is 0.0485. The van der Waals surface area contributed by atoms with Gasteiger partial charge < -0.3 is 5.73 Å². The highest BCUT2D eigenvalue weighted by Crippen LogP contribution is 2.29. The van der Waals surface area contributed by atoms with Crippen LogP contribution in [0.3, 0.4) is 0 Å². The first-order valence-corrected chi connectivity index (χ1v) is 5.32. The fraction of sp³-hybridized carbons (Fsp3) is 0.0769. The number of rotatable bonds is 2. The van der Waals surface area contributed by atoms with Crippen molar-refractivity contribution in [1.29, 1.82) is 0 Å². The van der Waals surface area contributed by atoms with Gasteiger partial charge in [-0.3, -0.25) is 4.79 Å². The highest BCUT2D eigenvalue weighted by atomic mass is 19.4. The zero-order valence-corrected chi connectivity index (χ0v) is 9.61. The van der Waals surface area contributed by atoms with E-state index in [-0.39, 0.29) is 16.9 Å². The summed E-state index contributed by atoms with van der Waals surface area (Å²) in [4.78, 5) is 15.8. The van der Waals surface area contributed by atoms with Crippen LogP contribution in [-0.4, -0.2) is 10.8 Å². The smallest absolute Gasteiger partial charge is 0.383 e. The summed E-state index contributed by atoms with van der Waals surface area (Å²) in [5, 5.41) is 0. The Hall–Kier alpha value is -2.37. The fourth-order valence-electron chi connectivity index (χ4n) is 1.58. The molecule has 2 aromatic rings. The summed E-state index contributed by atoms with van der Waals surface area (Å²) < 4.78 is 37.2. The van der Waals surface area contributed by atoms with Gasteiger partial charge in [-0.25, -0.2) is 4.98 Å². The predicted octanol–water partition coefficient (Wildman–Crippen LogP) is 2.91. The number of pyridine rings is 1. The van der Waals surface area contributed by atoms with Crippen molar-refractivity contribution in [2.45, 2.75) is 6.18 Å². The molecule has 1 heterocycles. The second kappa shape index (κ2) is 4.72. The lowest BCUT2D eigenvalue weighted by atomic mass is 10.0. The Morgan fingerprint density at radius 1 is 1.11 bits per heavy atom. The number of aromatic nitrogens is 1. The monoisotopic (exact) mass is 266 g/mol. The number of hydrogen-bond acceptors (Lipinski definition) is 3. The van der Waals surface area contributed by atoms with Crippen molar-refractivity contribution in [2.75, 3.05) is 5.73 Å². The van der Waals surface area contributed by atoms with Gasteiger partial charge in [0.15, 0.2) is 5.78 Å². The first kappa shape index (κ1) is 13.1. The summed E-state index contributed by atoms with van der Waals surface area (Å²) >= 11 is 0. The van der Waals surface area contributed by atoms with Crippen molar-refractivity contribution in [3.05, 3.63) is 59.3 Å². The minimum Gasteiger partial charge on any atom is -0.383 e. The van der Waals surface area contributed by atoms with Crippen LogP contribution < -0.4 is 5.73 Å². The van der Waals surface area contributed by atoms with Crippen molar-refractivity contribution in [2.24, 2.45) is 0 Å². The van der Waals surface area contributed by atoms with Gasteiger partial charge in [-0.1, -0.05) is 12.1 Å². The van der Waals surface area contributed by atoms with Crippen LogP contribution in [-0.2, 0) is 6.18 Å². The van der Waals surface area contributed by atoms with Gasteiger partial charge in [0.1, 0.15) is 5.82 Å². The number of benzene rings is 1. The number of alkyl halides is 3. The Morgan fingerprint density at radius 3 is 2.26 bits per heavy atom. The maximum absolute atomic E-state index is 12.4. The third-order valence-electron chi connectivity index (χ3n) is 2.56. The Bertz CT molecular complexity index is 606. The van der Waals surface area contributed by atoms with Crippen LogP contribution in [0.2, 0.25) is 0 Å². The molecule has 98 valence electrons. The van der Waals surface area contributed by atoms with E-state index in [2.05, 4.69) is 4.98 Å². The van der Waals surface area contributed by atoms with Crippen LogP contribution in [0.1, 0.15) is 21.5 Å². The minimum atomic E-state index is -4.42. The first-order chi connectivity index (χ1) is 8.89. The van der Waals surface area contributed by atoms with Gasteiger partial charge in [0.05, 0.1) is 11.1 Å². The Labute approximate surface area is 106 Å². The average Bonchev–Trinajstić information content (AvgIpc) is 2.38. The maximum atomic E-state index is 12.4. The molecule has 19 heavy (non-hydrogen) atoms. The number of hydrogen-bond donors (Lipinski definition) is 1. The van der Waals surface area contributed by atoms with E-state index in [4.69, 9.17) is 5.73 Å². The van der Waals surface area contributed by atoms with Gasteiger partial charge in [-0.2, -0.15) is 13.2 Å². The number of halogens is 3. The summed E-state index contributed by atoms with van der Waals surface area (Å²) in [5.74, 6) is -0.410. The summed E-state index contributed by atoms with van der Waals surface area (Å²) in [6.07, 6.45) is -2.99. The molecule has 0 spiro atoms. The lowest BCUT2D eigenvalue weighted by Gasteiger charge is -2.07. The molecule has 0 radical (unpaired) electrons. The van der Waals surface area contributed by atoms with Crippen molar-refractivity contribution in [3.8, 4) is 0 Å². The molecule has 0 atom stereocenters. The third kappa shape index (κ3) is 2.73. The summed E-state index contributed by atoms with van der Waals surface area (Å²) in [6, 6.07) is 6.98. The zero-order valence-electron chi connectivity index (χ0n) is 9.61. The second-order valence-electron chi connectivity index (χ2n) is 3.84. The van der Waals surface area contributed by atoms with E-state index < -0.39 is 17.5 Å². The molecule has 0 aliphatic heterocycles. The fourth-order valence-corrected chi connectivity index (χ4v) is 1.58. The van der Waals surface area contributed by atoms with E-state index >= 15 is 0 Å². The quantitative estimate of drug-likeness (QED) is 0.850. The second-order valence-corrected chi connectivity index (χ2v) is 3.84. The molecule has 0 aliphatic carbocycles. The normalized spacial score (nSPS) is 11.3.